The van der Waals surface area contributed by atoms with E-state index >= 15 is 0 Å². The summed E-state index contributed by atoms with van der Waals surface area (Å²) in [6.45, 7) is 2.16. The van der Waals surface area contributed by atoms with Crippen LogP contribution in [0.5, 0.6) is 0 Å². The van der Waals surface area contributed by atoms with Crippen LogP contribution < -0.4 is 11.1 Å². The molecule has 2 heterocycles. The third-order valence-electron chi connectivity index (χ3n) is 4.87. The molecule has 2 aromatic carbocycles. The maximum absolute atomic E-state index is 6.61. The summed E-state index contributed by atoms with van der Waals surface area (Å²) >= 11 is 1.68. The summed E-state index contributed by atoms with van der Waals surface area (Å²) in [5.41, 5.74) is 10.8. The number of hydrogen-bond acceptors (Lipinski definition) is 5. The molecular formula is C21H23N3OS. The predicted molar refractivity (Wildman–Crippen MR) is 107 cm³/mol. The van der Waals surface area contributed by atoms with Crippen LogP contribution in [0, 0.1) is 0 Å². The van der Waals surface area contributed by atoms with Gasteiger partial charge in [-0.05, 0) is 30.5 Å². The monoisotopic (exact) mass is 365 g/mol. The SMILES string of the molecule is NC1(c2cccc(NCc3csc(-c4ccccc4)n3)c2)CCOCC1. The number of aromatic nitrogens is 1. The molecule has 4 rings (SSSR count). The highest BCUT2D eigenvalue weighted by molar-refractivity contribution is 7.13. The van der Waals surface area contributed by atoms with Crippen molar-refractivity contribution in [3.8, 4) is 10.6 Å². The quantitative estimate of drug-likeness (QED) is 0.704. The molecule has 0 unspecified atom stereocenters. The number of nitrogens with two attached hydrogens (primary N) is 1. The van der Waals surface area contributed by atoms with Gasteiger partial charge >= 0.3 is 0 Å². The van der Waals surface area contributed by atoms with Crippen molar-refractivity contribution in [1.82, 2.24) is 4.98 Å². The number of benzene rings is 2. The molecule has 0 radical (unpaired) electrons. The standard InChI is InChI=1S/C21H23N3OS/c22-21(9-11-25-12-10-21)17-7-4-8-18(13-17)23-14-19-15-26-20(24-19)16-5-2-1-3-6-16/h1-8,13,15,23H,9-12,14,22H2. The number of anilines is 1. The molecule has 0 atom stereocenters. The summed E-state index contributed by atoms with van der Waals surface area (Å²) in [6, 6.07) is 18.7. The summed E-state index contributed by atoms with van der Waals surface area (Å²) in [7, 11) is 0. The fourth-order valence-electron chi connectivity index (χ4n) is 3.26. The minimum atomic E-state index is -0.281. The van der Waals surface area contributed by atoms with E-state index in [2.05, 4.69) is 47.1 Å². The second-order valence-corrected chi connectivity index (χ2v) is 7.57. The van der Waals surface area contributed by atoms with Crippen molar-refractivity contribution in [3.63, 3.8) is 0 Å². The van der Waals surface area contributed by atoms with E-state index in [4.69, 9.17) is 15.5 Å². The number of ether oxygens (including phenoxy) is 1. The second kappa shape index (κ2) is 7.58. The van der Waals surface area contributed by atoms with E-state index in [0.29, 0.717) is 6.54 Å². The smallest absolute Gasteiger partial charge is 0.123 e. The van der Waals surface area contributed by atoms with Crippen molar-refractivity contribution in [3.05, 3.63) is 71.2 Å². The lowest BCUT2D eigenvalue weighted by Crippen LogP contribution is -2.42. The Morgan fingerprint density at radius 3 is 2.69 bits per heavy atom. The average Bonchev–Trinajstić information content (AvgIpc) is 3.17. The first-order chi connectivity index (χ1) is 12.7. The van der Waals surface area contributed by atoms with Crippen molar-refractivity contribution in [2.45, 2.75) is 24.9 Å². The molecule has 134 valence electrons. The van der Waals surface area contributed by atoms with Crippen LogP contribution in [0.2, 0.25) is 0 Å². The molecule has 1 aromatic heterocycles. The number of thiazole rings is 1. The van der Waals surface area contributed by atoms with E-state index in [1.165, 1.54) is 5.56 Å². The second-order valence-electron chi connectivity index (χ2n) is 6.71. The van der Waals surface area contributed by atoms with Gasteiger partial charge in [-0.1, -0.05) is 42.5 Å². The first kappa shape index (κ1) is 17.2. The summed E-state index contributed by atoms with van der Waals surface area (Å²) in [4.78, 5) is 4.74. The van der Waals surface area contributed by atoms with E-state index < -0.39 is 0 Å². The third-order valence-corrected chi connectivity index (χ3v) is 5.81. The Morgan fingerprint density at radius 1 is 1.08 bits per heavy atom. The predicted octanol–water partition coefficient (Wildman–Crippen LogP) is 4.39. The number of rotatable bonds is 5. The number of nitrogens with one attached hydrogen (secondary N) is 1. The van der Waals surface area contributed by atoms with Gasteiger partial charge in [-0.25, -0.2) is 4.98 Å². The molecule has 3 N–H and O–H groups in total. The van der Waals surface area contributed by atoms with Gasteiger partial charge in [0, 0.05) is 35.4 Å². The van der Waals surface area contributed by atoms with Gasteiger partial charge in [0.15, 0.2) is 0 Å². The van der Waals surface area contributed by atoms with E-state index in [9.17, 15) is 0 Å². The van der Waals surface area contributed by atoms with Gasteiger partial charge in [0.05, 0.1) is 12.2 Å². The van der Waals surface area contributed by atoms with Crippen LogP contribution in [-0.2, 0) is 16.8 Å². The van der Waals surface area contributed by atoms with Crippen LogP contribution in [0.1, 0.15) is 24.1 Å². The van der Waals surface area contributed by atoms with Gasteiger partial charge in [0.25, 0.3) is 0 Å². The maximum atomic E-state index is 6.61. The number of nitrogens with zero attached hydrogens (tertiary/aromatic N) is 1. The molecule has 1 aliphatic heterocycles. The van der Waals surface area contributed by atoms with Gasteiger partial charge in [0.1, 0.15) is 5.01 Å². The third kappa shape index (κ3) is 3.80. The summed E-state index contributed by atoms with van der Waals surface area (Å²) in [5, 5.41) is 6.65. The Bertz CT molecular complexity index is 856. The molecule has 0 aliphatic carbocycles. The van der Waals surface area contributed by atoms with Crippen molar-refractivity contribution < 1.29 is 4.74 Å². The fraction of sp³-hybridized carbons (Fsp3) is 0.286. The first-order valence-corrected chi connectivity index (χ1v) is 9.82. The molecule has 4 nitrogen and oxygen atoms in total. The Balaban J connectivity index is 1.44. The maximum Gasteiger partial charge on any atom is 0.123 e. The highest BCUT2D eigenvalue weighted by atomic mass is 32.1. The Morgan fingerprint density at radius 2 is 1.88 bits per heavy atom. The van der Waals surface area contributed by atoms with E-state index in [-0.39, 0.29) is 5.54 Å². The first-order valence-electron chi connectivity index (χ1n) is 8.94. The lowest BCUT2D eigenvalue weighted by Gasteiger charge is -2.34. The van der Waals surface area contributed by atoms with Crippen LogP contribution >= 0.6 is 11.3 Å². The zero-order valence-electron chi connectivity index (χ0n) is 14.7. The van der Waals surface area contributed by atoms with E-state index in [0.717, 1.165) is 48.0 Å². The van der Waals surface area contributed by atoms with Gasteiger partial charge in [0.2, 0.25) is 0 Å². The topological polar surface area (TPSA) is 60.2 Å². The minimum absolute atomic E-state index is 0.281. The Hall–Kier alpha value is -2.21. The molecule has 3 aromatic rings. The minimum Gasteiger partial charge on any atom is -0.381 e. The lowest BCUT2D eigenvalue weighted by atomic mass is 9.83. The van der Waals surface area contributed by atoms with E-state index in [1.54, 1.807) is 11.3 Å². The molecule has 1 saturated heterocycles. The zero-order valence-corrected chi connectivity index (χ0v) is 15.5. The van der Waals surface area contributed by atoms with Crippen LogP contribution in [-0.4, -0.2) is 18.2 Å². The molecule has 0 bridgehead atoms. The summed E-state index contributed by atoms with van der Waals surface area (Å²) in [5.74, 6) is 0. The van der Waals surface area contributed by atoms with Gasteiger partial charge in [-0.15, -0.1) is 11.3 Å². The molecule has 1 fully saturated rings. The molecule has 0 saturated carbocycles. The molecule has 5 heteroatoms. The van der Waals surface area contributed by atoms with Gasteiger partial charge in [-0.3, -0.25) is 0 Å². The van der Waals surface area contributed by atoms with Crippen molar-refractivity contribution in [2.24, 2.45) is 5.73 Å². The van der Waals surface area contributed by atoms with Crippen molar-refractivity contribution in [1.29, 1.82) is 0 Å². The Labute approximate surface area is 158 Å². The van der Waals surface area contributed by atoms with Crippen molar-refractivity contribution >= 4 is 17.0 Å². The molecular weight excluding hydrogens is 342 g/mol. The largest absolute Gasteiger partial charge is 0.381 e. The van der Waals surface area contributed by atoms with E-state index in [1.807, 2.05) is 18.2 Å². The molecule has 0 spiro atoms. The van der Waals surface area contributed by atoms with Crippen LogP contribution in [0.25, 0.3) is 10.6 Å². The van der Waals surface area contributed by atoms with Crippen LogP contribution in [0.15, 0.2) is 60.0 Å². The zero-order chi connectivity index (χ0) is 17.8. The van der Waals surface area contributed by atoms with Crippen LogP contribution in [0.4, 0.5) is 5.69 Å². The highest BCUT2D eigenvalue weighted by Crippen LogP contribution is 2.31. The summed E-state index contributed by atoms with van der Waals surface area (Å²) < 4.78 is 5.46. The van der Waals surface area contributed by atoms with Crippen molar-refractivity contribution in [2.75, 3.05) is 18.5 Å². The lowest BCUT2D eigenvalue weighted by molar-refractivity contribution is 0.0523. The van der Waals surface area contributed by atoms with Gasteiger partial charge < -0.3 is 15.8 Å². The van der Waals surface area contributed by atoms with Crippen LogP contribution in [0.3, 0.4) is 0 Å². The Kier molecular flexibility index (Phi) is 5.02. The number of hydrogen-bond donors (Lipinski definition) is 2. The molecule has 26 heavy (non-hydrogen) atoms. The highest BCUT2D eigenvalue weighted by Gasteiger charge is 2.29. The van der Waals surface area contributed by atoms with Gasteiger partial charge in [-0.2, -0.15) is 0 Å². The molecule has 1 aliphatic rings. The summed E-state index contributed by atoms with van der Waals surface area (Å²) in [6.07, 6.45) is 1.73. The fourth-order valence-corrected chi connectivity index (χ4v) is 4.08. The molecule has 0 amide bonds. The average molecular weight is 366 g/mol. The normalized spacial score (nSPS) is 16.3.